The van der Waals surface area contributed by atoms with Crippen LogP contribution in [0, 0.1) is 0 Å². The highest BCUT2D eigenvalue weighted by molar-refractivity contribution is 5.85. The van der Waals surface area contributed by atoms with Gasteiger partial charge in [-0.1, -0.05) is 24.3 Å². The zero-order valence-electron chi connectivity index (χ0n) is 9.65. The second kappa shape index (κ2) is 6.24. The first-order valence-corrected chi connectivity index (χ1v) is 5.76. The topological polar surface area (TPSA) is 32.3 Å². The average molecular weight is 242 g/mol. The molecule has 0 amide bonds. The van der Waals surface area contributed by atoms with Crippen LogP contribution in [0.5, 0.6) is 0 Å². The van der Waals surface area contributed by atoms with E-state index in [1.165, 1.54) is 18.4 Å². The number of aliphatic hydroxyl groups is 1. The molecule has 0 saturated carbocycles. The van der Waals surface area contributed by atoms with Gasteiger partial charge in [0, 0.05) is 0 Å². The van der Waals surface area contributed by atoms with E-state index in [0.717, 1.165) is 18.7 Å². The zero-order valence-corrected chi connectivity index (χ0v) is 10.5. The molecule has 1 aromatic rings. The van der Waals surface area contributed by atoms with Gasteiger partial charge in [0.25, 0.3) is 0 Å². The number of piperidine rings is 1. The van der Waals surface area contributed by atoms with Gasteiger partial charge in [-0.25, -0.2) is 0 Å². The molecule has 0 spiro atoms. The third kappa shape index (κ3) is 2.97. The summed E-state index contributed by atoms with van der Waals surface area (Å²) >= 11 is 0. The first-order valence-electron chi connectivity index (χ1n) is 5.76. The molecule has 3 heteroatoms. The molecule has 0 radical (unpaired) electrons. The zero-order chi connectivity index (χ0) is 10.7. The van der Waals surface area contributed by atoms with Crippen molar-refractivity contribution in [3.05, 3.63) is 35.4 Å². The highest BCUT2D eigenvalue weighted by Gasteiger charge is 2.19. The van der Waals surface area contributed by atoms with E-state index in [2.05, 4.69) is 17.4 Å². The van der Waals surface area contributed by atoms with Crippen LogP contribution in [0.15, 0.2) is 24.3 Å². The van der Waals surface area contributed by atoms with Crippen LogP contribution in [-0.2, 0) is 0 Å². The summed E-state index contributed by atoms with van der Waals surface area (Å²) in [7, 11) is 0. The normalized spacial score (nSPS) is 18.9. The first kappa shape index (κ1) is 13.5. The molecular formula is C13H20ClNO. The van der Waals surface area contributed by atoms with Crippen molar-refractivity contribution in [1.82, 2.24) is 5.32 Å². The van der Waals surface area contributed by atoms with Crippen molar-refractivity contribution in [2.45, 2.75) is 31.8 Å². The van der Waals surface area contributed by atoms with Crippen LogP contribution in [0.1, 0.15) is 42.9 Å². The highest BCUT2D eigenvalue weighted by atomic mass is 35.5. The lowest BCUT2D eigenvalue weighted by molar-refractivity contribution is 0.197. The molecule has 2 nitrogen and oxygen atoms in total. The van der Waals surface area contributed by atoms with Gasteiger partial charge in [-0.2, -0.15) is 0 Å². The van der Waals surface area contributed by atoms with E-state index in [1.807, 2.05) is 19.1 Å². The number of halogens is 1. The molecule has 0 unspecified atom stereocenters. The standard InChI is InChI=1S/C13H19NO.ClH/c1-10(15)12-4-2-3-5-13(12)11-6-8-14-9-7-11;/h2-5,10-11,14-15H,6-9H2,1H3;1H/t10-;/m0./s1. The van der Waals surface area contributed by atoms with Crippen molar-refractivity contribution < 1.29 is 5.11 Å². The van der Waals surface area contributed by atoms with Gasteiger partial charge in [-0.3, -0.25) is 0 Å². The monoisotopic (exact) mass is 241 g/mol. The fourth-order valence-corrected chi connectivity index (χ4v) is 2.40. The van der Waals surface area contributed by atoms with Crippen LogP contribution in [0.3, 0.4) is 0 Å². The van der Waals surface area contributed by atoms with E-state index in [0.29, 0.717) is 5.92 Å². The number of aliphatic hydroxyl groups excluding tert-OH is 1. The van der Waals surface area contributed by atoms with Crippen molar-refractivity contribution in [3.8, 4) is 0 Å². The van der Waals surface area contributed by atoms with E-state index in [9.17, 15) is 5.11 Å². The maximum Gasteiger partial charge on any atom is 0.0764 e. The van der Waals surface area contributed by atoms with Crippen LogP contribution in [0.2, 0.25) is 0 Å². The van der Waals surface area contributed by atoms with Crippen molar-refractivity contribution in [3.63, 3.8) is 0 Å². The fourth-order valence-electron chi connectivity index (χ4n) is 2.40. The Hall–Kier alpha value is -0.570. The third-order valence-corrected chi connectivity index (χ3v) is 3.23. The molecule has 1 saturated heterocycles. The Morgan fingerprint density at radius 3 is 2.50 bits per heavy atom. The van der Waals surface area contributed by atoms with Crippen LogP contribution in [-0.4, -0.2) is 18.2 Å². The van der Waals surface area contributed by atoms with Gasteiger partial charge >= 0.3 is 0 Å². The lowest BCUT2D eigenvalue weighted by Crippen LogP contribution is -2.27. The van der Waals surface area contributed by atoms with Gasteiger partial charge in [0.1, 0.15) is 0 Å². The molecule has 1 heterocycles. The van der Waals surface area contributed by atoms with Gasteiger partial charge < -0.3 is 10.4 Å². The molecule has 16 heavy (non-hydrogen) atoms. The van der Waals surface area contributed by atoms with Gasteiger partial charge in [-0.05, 0) is 49.9 Å². The number of rotatable bonds is 2. The predicted molar refractivity (Wildman–Crippen MR) is 69.2 cm³/mol. The lowest BCUT2D eigenvalue weighted by Gasteiger charge is -2.25. The minimum atomic E-state index is -0.351. The summed E-state index contributed by atoms with van der Waals surface area (Å²) in [5.74, 6) is 0.622. The number of benzene rings is 1. The minimum Gasteiger partial charge on any atom is -0.389 e. The van der Waals surface area contributed by atoms with Gasteiger partial charge in [0.15, 0.2) is 0 Å². The maximum atomic E-state index is 9.72. The minimum absolute atomic E-state index is 0. The highest BCUT2D eigenvalue weighted by Crippen LogP contribution is 2.30. The molecule has 1 aromatic carbocycles. The molecule has 90 valence electrons. The summed E-state index contributed by atoms with van der Waals surface area (Å²) in [6.07, 6.45) is 2.02. The molecule has 1 atom stereocenters. The summed E-state index contributed by atoms with van der Waals surface area (Å²) in [6.45, 7) is 4.04. The number of nitrogens with one attached hydrogen (secondary N) is 1. The quantitative estimate of drug-likeness (QED) is 0.835. The number of hydrogen-bond acceptors (Lipinski definition) is 2. The van der Waals surface area contributed by atoms with Gasteiger partial charge in [0.05, 0.1) is 6.10 Å². The summed E-state index contributed by atoms with van der Waals surface area (Å²) in [5.41, 5.74) is 2.44. The number of hydrogen-bond donors (Lipinski definition) is 2. The van der Waals surface area contributed by atoms with Crippen molar-refractivity contribution in [1.29, 1.82) is 0 Å². The second-order valence-corrected chi connectivity index (χ2v) is 4.33. The summed E-state index contributed by atoms with van der Waals surface area (Å²) in [5, 5.41) is 13.1. The van der Waals surface area contributed by atoms with Crippen LogP contribution in [0.4, 0.5) is 0 Å². The molecule has 0 bridgehead atoms. The van der Waals surface area contributed by atoms with E-state index in [4.69, 9.17) is 0 Å². The van der Waals surface area contributed by atoms with E-state index in [-0.39, 0.29) is 18.5 Å². The van der Waals surface area contributed by atoms with E-state index >= 15 is 0 Å². The van der Waals surface area contributed by atoms with Crippen molar-refractivity contribution in [2.75, 3.05) is 13.1 Å². The summed E-state index contributed by atoms with van der Waals surface area (Å²) < 4.78 is 0. The molecular weight excluding hydrogens is 222 g/mol. The second-order valence-electron chi connectivity index (χ2n) is 4.33. The molecule has 1 aliphatic heterocycles. The third-order valence-electron chi connectivity index (χ3n) is 3.23. The van der Waals surface area contributed by atoms with Crippen molar-refractivity contribution in [2.24, 2.45) is 0 Å². The Morgan fingerprint density at radius 2 is 1.88 bits per heavy atom. The van der Waals surface area contributed by atoms with E-state index in [1.54, 1.807) is 0 Å². The Kier molecular flexibility index (Phi) is 5.26. The van der Waals surface area contributed by atoms with Crippen LogP contribution < -0.4 is 5.32 Å². The molecule has 0 aliphatic carbocycles. The van der Waals surface area contributed by atoms with Crippen LogP contribution >= 0.6 is 12.4 Å². The smallest absolute Gasteiger partial charge is 0.0764 e. The van der Waals surface area contributed by atoms with Gasteiger partial charge in [0.2, 0.25) is 0 Å². The predicted octanol–water partition coefficient (Wildman–Crippen LogP) is 2.63. The Bertz CT molecular complexity index is 321. The van der Waals surface area contributed by atoms with Crippen LogP contribution in [0.25, 0.3) is 0 Å². The largest absolute Gasteiger partial charge is 0.389 e. The fraction of sp³-hybridized carbons (Fsp3) is 0.538. The van der Waals surface area contributed by atoms with Crippen molar-refractivity contribution >= 4 is 12.4 Å². The summed E-state index contributed by atoms with van der Waals surface area (Å²) in [4.78, 5) is 0. The lowest BCUT2D eigenvalue weighted by atomic mass is 9.86. The first-order chi connectivity index (χ1) is 7.29. The maximum absolute atomic E-state index is 9.72. The molecule has 1 fully saturated rings. The molecule has 2 N–H and O–H groups in total. The molecule has 2 rings (SSSR count). The van der Waals surface area contributed by atoms with E-state index < -0.39 is 0 Å². The Labute approximate surface area is 103 Å². The molecule has 1 aliphatic rings. The average Bonchev–Trinajstić information content (AvgIpc) is 2.30. The Balaban J connectivity index is 0.00000128. The Morgan fingerprint density at radius 1 is 1.25 bits per heavy atom. The molecule has 0 aromatic heterocycles. The van der Waals surface area contributed by atoms with Gasteiger partial charge in [-0.15, -0.1) is 12.4 Å². The summed E-state index contributed by atoms with van der Waals surface area (Å²) in [6, 6.07) is 8.29. The SMILES string of the molecule is C[C@H](O)c1ccccc1C1CCNCC1.Cl.